The highest BCUT2D eigenvalue weighted by atomic mass is 35.5. The van der Waals surface area contributed by atoms with Crippen molar-refractivity contribution in [2.45, 2.75) is 4.90 Å². The van der Waals surface area contributed by atoms with Gasteiger partial charge in [0.1, 0.15) is 12.4 Å². The van der Waals surface area contributed by atoms with E-state index in [2.05, 4.69) is 5.32 Å². The molecule has 0 aromatic heterocycles. The number of hydrogen-bond donors (Lipinski definition) is 2. The first-order valence-electron chi connectivity index (χ1n) is 6.96. The molecule has 0 unspecified atom stereocenters. The van der Waals surface area contributed by atoms with Crippen molar-refractivity contribution < 1.29 is 22.4 Å². The van der Waals surface area contributed by atoms with Gasteiger partial charge in [0.2, 0.25) is 5.91 Å². The second-order valence-corrected chi connectivity index (χ2v) is 7.20. The first-order chi connectivity index (χ1) is 11.8. The molecule has 1 aliphatic rings. The number of carbonyl (C=O) groups is 2. The zero-order valence-electron chi connectivity index (χ0n) is 12.5. The molecule has 1 aliphatic heterocycles. The summed E-state index contributed by atoms with van der Waals surface area (Å²) in [6.07, 6.45) is 0. The van der Waals surface area contributed by atoms with Gasteiger partial charge in [-0.1, -0.05) is 23.7 Å². The Kier molecular flexibility index (Phi) is 4.46. The summed E-state index contributed by atoms with van der Waals surface area (Å²) in [6, 6.07) is 9.24. The number of carbonyl (C=O) groups excluding carboxylic acids is 2. The molecule has 0 saturated heterocycles. The number of fused-ring (bicyclic) bond motifs is 1. The van der Waals surface area contributed by atoms with E-state index in [9.17, 15) is 22.4 Å². The molecule has 0 fully saturated rings. The van der Waals surface area contributed by atoms with Crippen LogP contribution in [0.4, 0.5) is 10.1 Å². The molecule has 1 heterocycles. The van der Waals surface area contributed by atoms with Gasteiger partial charge in [-0.25, -0.2) is 12.8 Å². The lowest BCUT2D eigenvalue weighted by Gasteiger charge is -2.28. The van der Waals surface area contributed by atoms with E-state index in [1.54, 1.807) is 0 Å². The molecule has 0 spiro atoms. The predicted molar refractivity (Wildman–Crippen MR) is 87.8 cm³/mol. The number of hydrazine groups is 1. The number of nitrogens with zero attached hydrogens (tertiary/aromatic N) is 1. The third kappa shape index (κ3) is 3.48. The summed E-state index contributed by atoms with van der Waals surface area (Å²) >= 11 is 5.62. The van der Waals surface area contributed by atoms with E-state index in [4.69, 9.17) is 11.6 Å². The maximum absolute atomic E-state index is 13.1. The fourth-order valence-corrected chi connectivity index (χ4v) is 3.70. The Morgan fingerprint density at radius 3 is 2.68 bits per heavy atom. The van der Waals surface area contributed by atoms with Crippen molar-refractivity contribution in [1.29, 1.82) is 0 Å². The quantitative estimate of drug-likeness (QED) is 0.844. The molecule has 10 heteroatoms. The fourth-order valence-electron chi connectivity index (χ4n) is 2.28. The van der Waals surface area contributed by atoms with E-state index < -0.39 is 34.2 Å². The molecule has 130 valence electrons. The SMILES string of the molecule is O=C(CN1NS(=O)(=O)c2ccccc2C1=O)Nc1ccc(F)c(Cl)c1. The number of nitrogens with one attached hydrogen (secondary N) is 2. The second-order valence-electron chi connectivity index (χ2n) is 5.16. The van der Waals surface area contributed by atoms with Crippen LogP contribution in [0, 0.1) is 5.82 Å². The molecule has 7 nitrogen and oxygen atoms in total. The number of anilines is 1. The zero-order valence-corrected chi connectivity index (χ0v) is 14.1. The second kappa shape index (κ2) is 6.43. The lowest BCUT2D eigenvalue weighted by atomic mass is 10.2. The van der Waals surface area contributed by atoms with Gasteiger partial charge in [0.25, 0.3) is 15.9 Å². The maximum atomic E-state index is 13.1. The highest BCUT2D eigenvalue weighted by Crippen LogP contribution is 2.22. The average molecular weight is 384 g/mol. The van der Waals surface area contributed by atoms with Crippen molar-refractivity contribution in [3.05, 3.63) is 58.9 Å². The largest absolute Gasteiger partial charge is 0.324 e. The van der Waals surface area contributed by atoms with Crippen molar-refractivity contribution in [3.8, 4) is 0 Å². The van der Waals surface area contributed by atoms with Crippen LogP contribution in [0.25, 0.3) is 0 Å². The van der Waals surface area contributed by atoms with Gasteiger partial charge in [-0.05, 0) is 30.3 Å². The van der Waals surface area contributed by atoms with Crippen LogP contribution in [0.3, 0.4) is 0 Å². The molecule has 0 bridgehead atoms. The number of halogens is 2. The third-order valence-electron chi connectivity index (χ3n) is 3.39. The Morgan fingerprint density at radius 1 is 1.24 bits per heavy atom. The molecule has 25 heavy (non-hydrogen) atoms. The Labute approximate surface area is 147 Å². The average Bonchev–Trinajstić information content (AvgIpc) is 2.56. The molecular weight excluding hydrogens is 373 g/mol. The maximum Gasteiger partial charge on any atom is 0.270 e. The summed E-state index contributed by atoms with van der Waals surface area (Å²) in [4.78, 5) is 26.3. The van der Waals surface area contributed by atoms with Crippen LogP contribution >= 0.6 is 11.6 Å². The molecule has 0 atom stereocenters. The van der Waals surface area contributed by atoms with Gasteiger partial charge in [-0.15, -0.1) is 4.83 Å². The van der Waals surface area contributed by atoms with Crippen LogP contribution in [0.1, 0.15) is 10.4 Å². The molecule has 2 amide bonds. The van der Waals surface area contributed by atoms with Gasteiger partial charge >= 0.3 is 0 Å². The molecule has 2 N–H and O–H groups in total. The van der Waals surface area contributed by atoms with Gasteiger partial charge in [0.15, 0.2) is 0 Å². The molecule has 3 rings (SSSR count). The van der Waals surface area contributed by atoms with Crippen molar-refractivity contribution in [2.24, 2.45) is 0 Å². The minimum atomic E-state index is -3.95. The number of sulfonamides is 1. The summed E-state index contributed by atoms with van der Waals surface area (Å²) in [6.45, 7) is -0.568. The normalized spacial score (nSPS) is 15.6. The van der Waals surface area contributed by atoms with E-state index in [-0.39, 0.29) is 21.2 Å². The molecular formula is C15H11ClFN3O4S. The molecule has 2 aromatic rings. The lowest BCUT2D eigenvalue weighted by molar-refractivity contribution is -0.117. The minimum Gasteiger partial charge on any atom is -0.324 e. The predicted octanol–water partition coefficient (Wildman–Crippen LogP) is 1.77. The van der Waals surface area contributed by atoms with Gasteiger partial charge in [-0.3, -0.25) is 14.6 Å². The number of rotatable bonds is 3. The van der Waals surface area contributed by atoms with Crippen molar-refractivity contribution in [1.82, 2.24) is 9.84 Å². The van der Waals surface area contributed by atoms with Gasteiger partial charge in [0.05, 0.1) is 15.5 Å². The standard InChI is InChI=1S/C15H11ClFN3O4S/c16-11-7-9(5-6-12(11)17)18-14(21)8-20-15(22)10-3-1-2-4-13(10)25(23,24)19-20/h1-7,19H,8H2,(H,18,21). The third-order valence-corrected chi connectivity index (χ3v) is 5.07. The van der Waals surface area contributed by atoms with Crippen molar-refractivity contribution >= 4 is 39.1 Å². The smallest absolute Gasteiger partial charge is 0.270 e. The Morgan fingerprint density at radius 2 is 1.96 bits per heavy atom. The van der Waals surface area contributed by atoms with Crippen LogP contribution in [0.15, 0.2) is 47.4 Å². The van der Waals surface area contributed by atoms with Crippen molar-refractivity contribution in [3.63, 3.8) is 0 Å². The van der Waals surface area contributed by atoms with E-state index in [0.717, 1.165) is 6.07 Å². The van der Waals surface area contributed by atoms with Crippen LogP contribution in [0.2, 0.25) is 5.02 Å². The lowest BCUT2D eigenvalue weighted by Crippen LogP contribution is -2.53. The number of hydrogen-bond acceptors (Lipinski definition) is 4. The fraction of sp³-hybridized carbons (Fsp3) is 0.0667. The summed E-state index contributed by atoms with van der Waals surface area (Å²) in [5, 5.41) is 2.92. The van der Waals surface area contributed by atoms with Crippen LogP contribution in [-0.4, -0.2) is 31.8 Å². The van der Waals surface area contributed by atoms with Gasteiger partial charge in [0, 0.05) is 5.69 Å². The highest BCUT2D eigenvalue weighted by molar-refractivity contribution is 7.89. The Bertz CT molecular complexity index is 980. The van der Waals surface area contributed by atoms with Crippen LogP contribution in [-0.2, 0) is 14.8 Å². The van der Waals surface area contributed by atoms with E-state index in [1.165, 1.54) is 36.4 Å². The molecule has 0 radical (unpaired) electrons. The van der Waals surface area contributed by atoms with E-state index in [1.807, 2.05) is 4.83 Å². The molecule has 0 saturated carbocycles. The Hall–Kier alpha value is -2.49. The summed E-state index contributed by atoms with van der Waals surface area (Å²) in [5.74, 6) is -1.98. The summed E-state index contributed by atoms with van der Waals surface area (Å²) in [7, 11) is -3.95. The first kappa shape index (κ1) is 17.3. The molecule has 2 aromatic carbocycles. The van der Waals surface area contributed by atoms with E-state index >= 15 is 0 Å². The highest BCUT2D eigenvalue weighted by Gasteiger charge is 2.34. The zero-order chi connectivity index (χ0) is 18.2. The summed E-state index contributed by atoms with van der Waals surface area (Å²) in [5.41, 5.74) is 0.183. The monoisotopic (exact) mass is 383 g/mol. The van der Waals surface area contributed by atoms with Crippen molar-refractivity contribution in [2.75, 3.05) is 11.9 Å². The topological polar surface area (TPSA) is 95.6 Å². The van der Waals surface area contributed by atoms with Crippen LogP contribution in [0.5, 0.6) is 0 Å². The Balaban J connectivity index is 1.78. The number of benzene rings is 2. The van der Waals surface area contributed by atoms with Gasteiger partial charge in [-0.2, -0.15) is 0 Å². The van der Waals surface area contributed by atoms with E-state index in [0.29, 0.717) is 5.01 Å². The summed E-state index contributed by atoms with van der Waals surface area (Å²) < 4.78 is 37.4. The molecule has 0 aliphatic carbocycles. The van der Waals surface area contributed by atoms with Crippen LogP contribution < -0.4 is 10.1 Å². The minimum absolute atomic E-state index is 0.0288. The number of amides is 2. The van der Waals surface area contributed by atoms with Gasteiger partial charge < -0.3 is 5.32 Å². The first-order valence-corrected chi connectivity index (χ1v) is 8.82.